The second kappa shape index (κ2) is 10.8. The quantitative estimate of drug-likeness (QED) is 0.318. The first-order valence-corrected chi connectivity index (χ1v) is 12.5. The molecule has 0 unspecified atom stereocenters. The van der Waals surface area contributed by atoms with E-state index in [4.69, 9.17) is 14.2 Å². The van der Waals surface area contributed by atoms with Gasteiger partial charge in [-0.1, -0.05) is 84.4 Å². The van der Waals surface area contributed by atoms with Crippen LogP contribution in [0.5, 0.6) is 11.5 Å². The van der Waals surface area contributed by atoms with Gasteiger partial charge >= 0.3 is 6.09 Å². The van der Waals surface area contributed by atoms with Crippen molar-refractivity contribution < 1.29 is 19.0 Å². The van der Waals surface area contributed by atoms with Gasteiger partial charge < -0.3 is 14.2 Å². The van der Waals surface area contributed by atoms with Gasteiger partial charge in [0, 0.05) is 11.5 Å². The Labute approximate surface area is 218 Å². The van der Waals surface area contributed by atoms with E-state index in [1.165, 1.54) is 5.56 Å². The first-order chi connectivity index (χ1) is 18.0. The van der Waals surface area contributed by atoms with E-state index in [1.54, 1.807) is 7.11 Å². The van der Waals surface area contributed by atoms with Crippen LogP contribution in [0.15, 0.2) is 97.1 Å². The lowest BCUT2D eigenvalue weighted by Crippen LogP contribution is -2.48. The summed E-state index contributed by atoms with van der Waals surface area (Å²) in [5.41, 5.74) is 6.57. The Morgan fingerprint density at radius 2 is 1.59 bits per heavy atom. The number of rotatable bonds is 6. The normalized spacial score (nSPS) is 18.3. The molecular formula is C32H31NO4. The molecule has 188 valence electrons. The van der Waals surface area contributed by atoms with Crippen LogP contribution >= 0.6 is 0 Å². The molecule has 1 N–H and O–H groups in total. The average Bonchev–Trinajstić information content (AvgIpc) is 2.92. The van der Waals surface area contributed by atoms with Gasteiger partial charge in [0.15, 0.2) is 6.23 Å². The fourth-order valence-corrected chi connectivity index (χ4v) is 5.16. The van der Waals surface area contributed by atoms with E-state index in [1.807, 2.05) is 60.7 Å². The summed E-state index contributed by atoms with van der Waals surface area (Å²) in [7, 11) is 1.66. The zero-order valence-corrected chi connectivity index (χ0v) is 21.3. The number of carbonyl (C=O) groups excluding carboxylic acids is 1. The van der Waals surface area contributed by atoms with Gasteiger partial charge in [0.05, 0.1) is 13.0 Å². The number of benzene rings is 4. The Kier molecular flexibility index (Phi) is 7.13. The van der Waals surface area contributed by atoms with Crippen molar-refractivity contribution in [3.8, 4) is 11.5 Å². The summed E-state index contributed by atoms with van der Waals surface area (Å²) >= 11 is 0. The van der Waals surface area contributed by atoms with Gasteiger partial charge in [-0.3, -0.25) is 5.32 Å². The standard InChI is InChI=1S/C32H31NO4/c1-21-13-18-26(22(2)19-21)30-29(24-14-16-25(35-3)17-15-24)27-11-7-8-12-28(27)37-31(30)33-32(34)36-20-23-9-5-4-6-10-23/h4-19,29-31H,20H2,1-3H3,(H,33,34)/t29-,30+,31+/m1/s1. The van der Waals surface area contributed by atoms with E-state index in [9.17, 15) is 4.79 Å². The summed E-state index contributed by atoms with van der Waals surface area (Å²) in [6.07, 6.45) is -1.15. The van der Waals surface area contributed by atoms with Crippen LogP contribution < -0.4 is 14.8 Å². The molecule has 1 aliphatic heterocycles. The molecule has 37 heavy (non-hydrogen) atoms. The third-order valence-corrected chi connectivity index (χ3v) is 6.93. The van der Waals surface area contributed by atoms with Crippen LogP contribution in [-0.2, 0) is 11.3 Å². The van der Waals surface area contributed by atoms with Crippen LogP contribution in [0.3, 0.4) is 0 Å². The highest BCUT2D eigenvalue weighted by atomic mass is 16.6. The first kappa shape index (κ1) is 24.4. The van der Waals surface area contributed by atoms with Gasteiger partial charge in [0.25, 0.3) is 0 Å². The van der Waals surface area contributed by atoms with Crippen LogP contribution in [-0.4, -0.2) is 19.4 Å². The summed E-state index contributed by atoms with van der Waals surface area (Å²) in [5, 5.41) is 3.03. The second-order valence-corrected chi connectivity index (χ2v) is 9.42. The van der Waals surface area contributed by atoms with Crippen LogP contribution in [0.4, 0.5) is 4.79 Å². The van der Waals surface area contributed by atoms with E-state index in [-0.39, 0.29) is 18.4 Å². The zero-order chi connectivity index (χ0) is 25.8. The summed E-state index contributed by atoms with van der Waals surface area (Å²) in [6, 6.07) is 32.2. The highest BCUT2D eigenvalue weighted by Gasteiger charge is 2.42. The average molecular weight is 494 g/mol. The molecule has 5 rings (SSSR count). The van der Waals surface area contributed by atoms with Gasteiger partial charge in [0.2, 0.25) is 0 Å². The fourth-order valence-electron chi connectivity index (χ4n) is 5.16. The van der Waals surface area contributed by atoms with Crippen LogP contribution in [0, 0.1) is 13.8 Å². The maximum atomic E-state index is 13.0. The number of para-hydroxylation sites is 1. The van der Waals surface area contributed by atoms with Crippen molar-refractivity contribution in [1.29, 1.82) is 0 Å². The fraction of sp³-hybridized carbons (Fsp3) is 0.219. The highest BCUT2D eigenvalue weighted by Crippen LogP contribution is 2.49. The van der Waals surface area contributed by atoms with Crippen molar-refractivity contribution in [3.05, 3.63) is 130 Å². The molecule has 5 nitrogen and oxygen atoms in total. The lowest BCUT2D eigenvalue weighted by atomic mass is 9.73. The number of amides is 1. The summed E-state index contributed by atoms with van der Waals surface area (Å²) in [4.78, 5) is 13.0. The number of fused-ring (bicyclic) bond motifs is 1. The van der Waals surface area contributed by atoms with Gasteiger partial charge in [-0.2, -0.15) is 0 Å². The van der Waals surface area contributed by atoms with Gasteiger partial charge in [-0.05, 0) is 54.3 Å². The minimum absolute atomic E-state index is 0.0586. The number of ether oxygens (including phenoxy) is 3. The molecule has 5 heteroatoms. The molecule has 0 fully saturated rings. The van der Waals surface area contributed by atoms with Gasteiger partial charge in [-0.15, -0.1) is 0 Å². The Morgan fingerprint density at radius 1 is 0.865 bits per heavy atom. The Hall–Kier alpha value is -4.25. The Balaban J connectivity index is 1.54. The molecule has 1 amide bonds. The minimum atomic E-state index is -0.633. The summed E-state index contributed by atoms with van der Waals surface area (Å²) < 4.78 is 17.5. The lowest BCUT2D eigenvalue weighted by molar-refractivity contribution is 0.0801. The smallest absolute Gasteiger partial charge is 0.410 e. The number of hydrogen-bond acceptors (Lipinski definition) is 4. The van der Waals surface area contributed by atoms with E-state index in [0.29, 0.717) is 0 Å². The molecule has 0 bridgehead atoms. The largest absolute Gasteiger partial charge is 0.497 e. The number of carbonyl (C=O) groups is 1. The maximum Gasteiger partial charge on any atom is 0.410 e. The molecule has 0 spiro atoms. The summed E-state index contributed by atoms with van der Waals surface area (Å²) in [6.45, 7) is 4.38. The number of nitrogens with one attached hydrogen (secondary N) is 1. The Bertz CT molecular complexity index is 1370. The third kappa shape index (κ3) is 5.31. The van der Waals surface area contributed by atoms with E-state index in [0.717, 1.165) is 39.3 Å². The molecule has 0 radical (unpaired) electrons. The molecule has 1 aliphatic rings. The van der Waals surface area contributed by atoms with E-state index < -0.39 is 12.3 Å². The maximum absolute atomic E-state index is 13.0. The van der Waals surface area contributed by atoms with Crippen LogP contribution in [0.1, 0.15) is 45.2 Å². The molecule has 4 aromatic rings. The lowest BCUT2D eigenvalue weighted by Gasteiger charge is -2.41. The molecule has 0 aromatic heterocycles. The second-order valence-electron chi connectivity index (χ2n) is 9.42. The van der Waals surface area contributed by atoms with Gasteiger partial charge in [-0.25, -0.2) is 4.79 Å². The van der Waals surface area contributed by atoms with Gasteiger partial charge in [0.1, 0.15) is 18.1 Å². The first-order valence-electron chi connectivity index (χ1n) is 12.5. The van der Waals surface area contributed by atoms with E-state index >= 15 is 0 Å². The van der Waals surface area contributed by atoms with Crippen molar-refractivity contribution >= 4 is 6.09 Å². The van der Waals surface area contributed by atoms with Crippen molar-refractivity contribution in [3.63, 3.8) is 0 Å². The molecular weight excluding hydrogens is 462 g/mol. The molecule has 0 saturated heterocycles. The molecule has 0 saturated carbocycles. The van der Waals surface area contributed by atoms with Crippen LogP contribution in [0.25, 0.3) is 0 Å². The SMILES string of the molecule is COc1ccc([C@@H]2c3ccccc3O[C@H](NC(=O)OCc3ccccc3)[C@H]2c2ccc(C)cc2C)cc1. The van der Waals surface area contributed by atoms with Crippen molar-refractivity contribution in [1.82, 2.24) is 5.32 Å². The predicted octanol–water partition coefficient (Wildman–Crippen LogP) is 6.87. The van der Waals surface area contributed by atoms with Crippen LogP contribution in [0.2, 0.25) is 0 Å². The van der Waals surface area contributed by atoms with E-state index in [2.05, 4.69) is 55.6 Å². The molecule has 1 heterocycles. The monoisotopic (exact) mass is 493 g/mol. The highest BCUT2D eigenvalue weighted by molar-refractivity contribution is 5.68. The zero-order valence-electron chi connectivity index (χ0n) is 21.3. The number of hydrogen-bond donors (Lipinski definition) is 1. The molecule has 4 aromatic carbocycles. The molecule has 3 atom stereocenters. The summed E-state index contributed by atoms with van der Waals surface area (Å²) in [5.74, 6) is 1.30. The molecule has 0 aliphatic carbocycles. The number of aryl methyl sites for hydroxylation is 2. The minimum Gasteiger partial charge on any atom is -0.497 e. The van der Waals surface area contributed by atoms with Crippen molar-refractivity contribution in [2.75, 3.05) is 7.11 Å². The topological polar surface area (TPSA) is 56.8 Å². The van der Waals surface area contributed by atoms with Crippen molar-refractivity contribution in [2.45, 2.75) is 38.5 Å². The Morgan fingerprint density at radius 3 is 2.32 bits per heavy atom. The predicted molar refractivity (Wildman–Crippen MR) is 144 cm³/mol. The number of methoxy groups -OCH3 is 1. The number of alkyl carbamates (subject to hydrolysis) is 1. The van der Waals surface area contributed by atoms with Crippen molar-refractivity contribution in [2.24, 2.45) is 0 Å². The third-order valence-electron chi connectivity index (χ3n) is 6.93.